The third-order valence-electron chi connectivity index (χ3n) is 7.24. The van der Waals surface area contributed by atoms with E-state index in [1.807, 2.05) is 13.0 Å². The van der Waals surface area contributed by atoms with E-state index in [-0.39, 0.29) is 22.9 Å². The summed E-state index contributed by atoms with van der Waals surface area (Å²) in [5, 5.41) is 2.53. The highest BCUT2D eigenvalue weighted by Crippen LogP contribution is 2.37. The second-order valence-corrected chi connectivity index (χ2v) is 13.8. The summed E-state index contributed by atoms with van der Waals surface area (Å²) in [5.74, 6) is -1.29. The van der Waals surface area contributed by atoms with Gasteiger partial charge in [-0.15, -0.1) is 0 Å². The molecule has 0 saturated heterocycles. The number of amides is 2. The Balaban J connectivity index is 1.86. The van der Waals surface area contributed by atoms with Gasteiger partial charge in [-0.3, -0.25) is 13.9 Å². The van der Waals surface area contributed by atoms with Crippen LogP contribution in [0.25, 0.3) is 0 Å². The first kappa shape index (κ1) is 36.0. The maximum absolute atomic E-state index is 14.4. The van der Waals surface area contributed by atoms with Crippen molar-refractivity contribution in [3.63, 3.8) is 0 Å². The van der Waals surface area contributed by atoms with Crippen molar-refractivity contribution in [2.24, 2.45) is 0 Å². The number of sulfonamides is 1. The Morgan fingerprint density at radius 3 is 2.11 bits per heavy atom. The standard InChI is InChI=1S/C34H32BrClF3N3O4S/c1-2-19-40-33(44)31(20-24-9-5-3-6-10-24)41(22-25-13-16-27(35)17-14-25)32(43)23-42(47(45,46)28-11-7-4-8-12-28)30-21-26(34(37,38)39)15-18-29(30)36/h3-18,21,31H,2,19-20,22-23H2,1H3,(H,40,44)/t31-/m1/s1. The van der Waals surface area contributed by atoms with E-state index in [9.17, 15) is 31.2 Å². The van der Waals surface area contributed by atoms with Gasteiger partial charge in [0, 0.05) is 24.0 Å². The zero-order chi connectivity index (χ0) is 34.2. The molecule has 0 unspecified atom stereocenters. The Hall–Kier alpha value is -3.87. The van der Waals surface area contributed by atoms with Crippen LogP contribution in [0.15, 0.2) is 112 Å². The molecule has 0 aliphatic rings. The summed E-state index contributed by atoms with van der Waals surface area (Å²) >= 11 is 9.74. The molecule has 248 valence electrons. The predicted octanol–water partition coefficient (Wildman–Crippen LogP) is 7.48. The summed E-state index contributed by atoms with van der Waals surface area (Å²) in [4.78, 5) is 29.1. The zero-order valence-corrected chi connectivity index (χ0v) is 28.4. The van der Waals surface area contributed by atoms with Gasteiger partial charge in [0.25, 0.3) is 10.0 Å². The summed E-state index contributed by atoms with van der Waals surface area (Å²) in [6, 6.07) is 24.2. The highest BCUT2D eigenvalue weighted by atomic mass is 79.9. The minimum Gasteiger partial charge on any atom is -0.354 e. The Morgan fingerprint density at radius 2 is 1.51 bits per heavy atom. The molecule has 4 aromatic rings. The van der Waals surface area contributed by atoms with Gasteiger partial charge >= 0.3 is 6.18 Å². The number of anilines is 1. The SMILES string of the molecule is CCCNC(=O)[C@@H](Cc1ccccc1)N(Cc1ccc(Br)cc1)C(=O)CN(c1cc(C(F)(F)F)ccc1Cl)S(=O)(=O)c1ccccc1. The van der Waals surface area contributed by atoms with Gasteiger partial charge in [-0.05, 0) is 60.0 Å². The zero-order valence-electron chi connectivity index (χ0n) is 25.3. The van der Waals surface area contributed by atoms with E-state index in [2.05, 4.69) is 21.2 Å². The fourth-order valence-electron chi connectivity index (χ4n) is 4.82. The van der Waals surface area contributed by atoms with Gasteiger partial charge in [0.05, 0.1) is 21.2 Å². The maximum atomic E-state index is 14.4. The molecule has 4 rings (SSSR count). The molecule has 0 spiro atoms. The molecule has 4 aromatic carbocycles. The molecule has 1 N–H and O–H groups in total. The summed E-state index contributed by atoms with van der Waals surface area (Å²) in [6.07, 6.45) is -4.10. The fourth-order valence-corrected chi connectivity index (χ4v) is 6.80. The highest BCUT2D eigenvalue weighted by molar-refractivity contribution is 9.10. The van der Waals surface area contributed by atoms with Crippen LogP contribution >= 0.6 is 27.5 Å². The van der Waals surface area contributed by atoms with Crippen molar-refractivity contribution in [1.82, 2.24) is 10.2 Å². The molecule has 1 atom stereocenters. The summed E-state index contributed by atoms with van der Waals surface area (Å²) in [5.41, 5.74) is -0.299. The minimum absolute atomic E-state index is 0.0917. The summed E-state index contributed by atoms with van der Waals surface area (Å²) < 4.78 is 70.9. The number of halogens is 5. The first-order valence-corrected chi connectivity index (χ1v) is 17.2. The van der Waals surface area contributed by atoms with Crippen LogP contribution < -0.4 is 9.62 Å². The van der Waals surface area contributed by atoms with E-state index >= 15 is 0 Å². The maximum Gasteiger partial charge on any atom is 0.416 e. The second-order valence-electron chi connectivity index (χ2n) is 10.6. The average Bonchev–Trinajstić information content (AvgIpc) is 3.05. The van der Waals surface area contributed by atoms with Crippen molar-refractivity contribution in [3.8, 4) is 0 Å². The lowest BCUT2D eigenvalue weighted by molar-refractivity contribution is -0.140. The van der Waals surface area contributed by atoms with Crippen LogP contribution in [0.3, 0.4) is 0 Å². The fraction of sp³-hybridized carbons (Fsp3) is 0.235. The molecule has 2 amide bonds. The lowest BCUT2D eigenvalue weighted by Gasteiger charge is -2.34. The molecule has 0 aliphatic heterocycles. The molecule has 13 heteroatoms. The number of nitrogens with one attached hydrogen (secondary N) is 1. The normalized spacial score (nSPS) is 12.3. The van der Waals surface area contributed by atoms with Gasteiger partial charge < -0.3 is 10.2 Å². The molecular formula is C34H32BrClF3N3O4S. The van der Waals surface area contributed by atoms with Crippen molar-refractivity contribution in [1.29, 1.82) is 0 Å². The first-order valence-electron chi connectivity index (χ1n) is 14.6. The van der Waals surface area contributed by atoms with E-state index in [4.69, 9.17) is 11.6 Å². The van der Waals surface area contributed by atoms with E-state index in [1.165, 1.54) is 29.2 Å². The Bertz CT molecular complexity index is 1780. The van der Waals surface area contributed by atoms with Gasteiger partial charge in [0.1, 0.15) is 12.6 Å². The number of hydrogen-bond donors (Lipinski definition) is 1. The van der Waals surface area contributed by atoms with Gasteiger partial charge in [0.2, 0.25) is 11.8 Å². The number of nitrogens with zero attached hydrogens (tertiary/aromatic N) is 2. The smallest absolute Gasteiger partial charge is 0.354 e. The molecule has 0 heterocycles. The number of carbonyl (C=O) groups is 2. The van der Waals surface area contributed by atoms with Crippen molar-refractivity contribution < 1.29 is 31.2 Å². The largest absolute Gasteiger partial charge is 0.416 e. The van der Waals surface area contributed by atoms with Crippen LogP contribution in [0, 0.1) is 0 Å². The Labute approximate surface area is 285 Å². The number of rotatable bonds is 13. The second kappa shape index (κ2) is 15.8. The molecule has 7 nitrogen and oxygen atoms in total. The molecule has 0 aliphatic carbocycles. The number of alkyl halides is 3. The van der Waals surface area contributed by atoms with Gasteiger partial charge in [-0.2, -0.15) is 13.2 Å². The van der Waals surface area contributed by atoms with Crippen LogP contribution in [0.2, 0.25) is 5.02 Å². The highest BCUT2D eigenvalue weighted by Gasteiger charge is 2.37. The molecule has 0 bridgehead atoms. The third kappa shape index (κ3) is 9.36. The molecule has 0 aromatic heterocycles. The lowest BCUT2D eigenvalue weighted by atomic mass is 10.0. The topological polar surface area (TPSA) is 86.8 Å². The number of carbonyl (C=O) groups excluding carboxylic acids is 2. The number of hydrogen-bond acceptors (Lipinski definition) is 4. The quantitative estimate of drug-likeness (QED) is 0.154. The van der Waals surface area contributed by atoms with E-state index in [1.54, 1.807) is 54.6 Å². The van der Waals surface area contributed by atoms with Gasteiger partial charge in [0.15, 0.2) is 0 Å². The van der Waals surface area contributed by atoms with Crippen LogP contribution in [0.5, 0.6) is 0 Å². The minimum atomic E-state index is -4.82. The Morgan fingerprint density at radius 1 is 0.894 bits per heavy atom. The summed E-state index contributed by atoms with van der Waals surface area (Å²) in [7, 11) is -4.64. The summed E-state index contributed by atoms with van der Waals surface area (Å²) in [6.45, 7) is 1.17. The lowest BCUT2D eigenvalue weighted by Crippen LogP contribution is -2.53. The number of benzene rings is 4. The monoisotopic (exact) mass is 749 g/mol. The van der Waals surface area contributed by atoms with Crippen molar-refractivity contribution in [3.05, 3.63) is 129 Å². The van der Waals surface area contributed by atoms with Crippen molar-refractivity contribution >= 4 is 55.1 Å². The third-order valence-corrected chi connectivity index (χ3v) is 9.86. The average molecular weight is 751 g/mol. The van der Waals surface area contributed by atoms with Crippen molar-refractivity contribution in [2.75, 3.05) is 17.4 Å². The van der Waals surface area contributed by atoms with Crippen LogP contribution in [0.4, 0.5) is 18.9 Å². The van der Waals surface area contributed by atoms with E-state index in [0.717, 1.165) is 22.2 Å². The molecule has 47 heavy (non-hydrogen) atoms. The van der Waals surface area contributed by atoms with Crippen LogP contribution in [-0.4, -0.2) is 44.3 Å². The van der Waals surface area contributed by atoms with Crippen LogP contribution in [0.1, 0.15) is 30.0 Å². The molecule has 0 radical (unpaired) electrons. The Kier molecular flexibility index (Phi) is 12.1. The molecule has 0 fully saturated rings. The van der Waals surface area contributed by atoms with E-state index < -0.39 is 51.9 Å². The van der Waals surface area contributed by atoms with E-state index in [0.29, 0.717) is 28.9 Å². The first-order chi connectivity index (χ1) is 22.3. The van der Waals surface area contributed by atoms with Crippen LogP contribution in [-0.2, 0) is 38.8 Å². The van der Waals surface area contributed by atoms with Gasteiger partial charge in [-0.1, -0.05) is 95.1 Å². The van der Waals surface area contributed by atoms with Gasteiger partial charge in [-0.25, -0.2) is 8.42 Å². The molecule has 0 saturated carbocycles. The molecular weight excluding hydrogens is 719 g/mol. The predicted molar refractivity (Wildman–Crippen MR) is 179 cm³/mol. The van der Waals surface area contributed by atoms with Crippen molar-refractivity contribution in [2.45, 2.75) is 43.4 Å².